The number of nitro groups is 2. The van der Waals surface area contributed by atoms with Crippen LogP contribution >= 0.6 is 0 Å². The van der Waals surface area contributed by atoms with Gasteiger partial charge in [0.1, 0.15) is 0 Å². The van der Waals surface area contributed by atoms with E-state index in [1.807, 2.05) is 24.3 Å². The molecule has 10 nitrogen and oxygen atoms in total. The summed E-state index contributed by atoms with van der Waals surface area (Å²) in [7, 11) is 0. The summed E-state index contributed by atoms with van der Waals surface area (Å²) >= 11 is 0. The first-order valence-electron chi connectivity index (χ1n) is 13.9. The van der Waals surface area contributed by atoms with Crippen LogP contribution in [0.1, 0.15) is 70.9 Å². The highest BCUT2D eigenvalue weighted by Crippen LogP contribution is 2.33. The average Bonchev–Trinajstić information content (AvgIpc) is 3.32. The van der Waals surface area contributed by atoms with Crippen LogP contribution in [0.4, 0.5) is 22.7 Å². The molecule has 0 amide bonds. The summed E-state index contributed by atoms with van der Waals surface area (Å²) in [5.41, 5.74) is 3.64. The number of rotatable bonds is 10. The second-order valence-electron chi connectivity index (χ2n) is 12.4. The maximum atomic E-state index is 11.3. The molecule has 2 fully saturated rings. The smallest absolute Gasteiger partial charge is 0.272 e. The van der Waals surface area contributed by atoms with Crippen molar-refractivity contribution in [3.05, 3.63) is 67.8 Å². The molecule has 0 saturated carbocycles. The van der Waals surface area contributed by atoms with Gasteiger partial charge in [-0.05, 0) is 78.6 Å². The zero-order valence-corrected chi connectivity index (χ0v) is 24.0. The van der Waals surface area contributed by atoms with Gasteiger partial charge in [-0.1, -0.05) is 19.3 Å². The number of unbranched alkanes of at least 4 members (excludes halogenated alkanes) is 2. The minimum absolute atomic E-state index is 0.0386. The molecule has 2 heterocycles. The Morgan fingerprint density at radius 3 is 1.46 bits per heavy atom. The van der Waals surface area contributed by atoms with Gasteiger partial charge < -0.3 is 9.80 Å². The number of benzene rings is 2. The fraction of sp³-hybridized carbons (Fsp3) is 0.586. The summed E-state index contributed by atoms with van der Waals surface area (Å²) in [4.78, 5) is 26.5. The van der Waals surface area contributed by atoms with Crippen molar-refractivity contribution >= 4 is 22.7 Å². The number of nitro benzene ring substituents is 2. The van der Waals surface area contributed by atoms with E-state index in [4.69, 9.17) is 0 Å². The van der Waals surface area contributed by atoms with Crippen molar-refractivity contribution in [2.24, 2.45) is 0 Å². The van der Waals surface area contributed by atoms with Gasteiger partial charge in [0.05, 0.1) is 22.2 Å². The van der Waals surface area contributed by atoms with Crippen LogP contribution in [0.15, 0.2) is 36.4 Å². The van der Waals surface area contributed by atoms with Crippen LogP contribution in [-0.2, 0) is 0 Å². The summed E-state index contributed by atoms with van der Waals surface area (Å²) in [5.74, 6) is 0. The number of hydrogen-bond acceptors (Lipinski definition) is 8. The van der Waals surface area contributed by atoms with Gasteiger partial charge in [0.25, 0.3) is 11.4 Å². The van der Waals surface area contributed by atoms with E-state index in [1.165, 1.54) is 0 Å². The molecule has 2 atom stereocenters. The van der Waals surface area contributed by atoms with Gasteiger partial charge in [0.2, 0.25) is 0 Å². The van der Waals surface area contributed by atoms with Crippen molar-refractivity contribution < 1.29 is 9.85 Å². The van der Waals surface area contributed by atoms with Crippen LogP contribution in [-0.4, -0.2) is 46.3 Å². The Bertz CT molecular complexity index is 1140. The number of aryl methyl sites for hydroxylation is 2. The highest BCUT2D eigenvalue weighted by Gasteiger charge is 2.38. The molecular weight excluding hydrogens is 496 g/mol. The molecule has 2 N–H and O–H groups in total. The SMILES string of the molecule is Cc1cc(N2CC(C)(C)NC2CCCCC[C@@H]2NC(C)(C)CN2c2ccc([N+](=O)[O-])c(C)c2)ccc1[N+](=O)[O-]. The van der Waals surface area contributed by atoms with Crippen molar-refractivity contribution in [2.75, 3.05) is 22.9 Å². The summed E-state index contributed by atoms with van der Waals surface area (Å²) in [6.45, 7) is 14.1. The fourth-order valence-corrected chi connectivity index (χ4v) is 6.12. The minimum atomic E-state index is -0.326. The predicted molar refractivity (Wildman–Crippen MR) is 155 cm³/mol. The lowest BCUT2D eigenvalue weighted by Gasteiger charge is -2.27. The highest BCUT2D eigenvalue weighted by atomic mass is 16.6. The number of anilines is 2. The first kappa shape index (κ1) is 28.8. The van der Waals surface area contributed by atoms with Crippen LogP contribution in [0.25, 0.3) is 0 Å². The molecule has 2 aromatic carbocycles. The molecule has 10 heteroatoms. The zero-order valence-electron chi connectivity index (χ0n) is 24.0. The van der Waals surface area contributed by atoms with E-state index in [1.54, 1.807) is 26.0 Å². The monoisotopic (exact) mass is 538 g/mol. The maximum Gasteiger partial charge on any atom is 0.272 e. The van der Waals surface area contributed by atoms with E-state index in [9.17, 15) is 20.2 Å². The van der Waals surface area contributed by atoms with E-state index in [2.05, 4.69) is 48.1 Å². The van der Waals surface area contributed by atoms with Gasteiger partial charge in [-0.15, -0.1) is 0 Å². The normalized spacial score (nSPS) is 21.9. The Labute approximate surface area is 231 Å². The third-order valence-electron chi connectivity index (χ3n) is 7.87. The molecule has 0 aromatic heterocycles. The number of nitrogens with zero attached hydrogens (tertiary/aromatic N) is 4. The molecule has 212 valence electrons. The van der Waals surface area contributed by atoms with Crippen molar-refractivity contribution in [2.45, 2.75) is 97.1 Å². The molecule has 0 spiro atoms. The number of hydrogen-bond donors (Lipinski definition) is 2. The van der Waals surface area contributed by atoms with E-state index >= 15 is 0 Å². The third-order valence-corrected chi connectivity index (χ3v) is 7.87. The quantitative estimate of drug-likeness (QED) is 0.221. The van der Waals surface area contributed by atoms with Crippen molar-refractivity contribution in [1.82, 2.24) is 10.6 Å². The second-order valence-corrected chi connectivity index (χ2v) is 12.4. The Balaban J connectivity index is 1.34. The van der Waals surface area contributed by atoms with E-state index in [-0.39, 0.29) is 44.6 Å². The van der Waals surface area contributed by atoms with Crippen LogP contribution in [0, 0.1) is 34.1 Å². The molecule has 1 unspecified atom stereocenters. The summed E-state index contributed by atoms with van der Waals surface area (Å²) in [5, 5.41) is 30.0. The lowest BCUT2D eigenvalue weighted by atomic mass is 10.1. The first-order chi connectivity index (χ1) is 18.3. The van der Waals surface area contributed by atoms with Gasteiger partial charge in [-0.3, -0.25) is 30.9 Å². The van der Waals surface area contributed by atoms with Crippen LogP contribution < -0.4 is 20.4 Å². The topological polar surface area (TPSA) is 117 Å². The van der Waals surface area contributed by atoms with Crippen molar-refractivity contribution in [1.29, 1.82) is 0 Å². The van der Waals surface area contributed by atoms with E-state index < -0.39 is 0 Å². The predicted octanol–water partition coefficient (Wildman–Crippen LogP) is 5.80. The van der Waals surface area contributed by atoms with Crippen LogP contribution in [0.5, 0.6) is 0 Å². The molecule has 2 saturated heterocycles. The van der Waals surface area contributed by atoms with Crippen LogP contribution in [0.2, 0.25) is 0 Å². The van der Waals surface area contributed by atoms with Gasteiger partial charge in [0, 0.05) is 58.8 Å². The molecule has 39 heavy (non-hydrogen) atoms. The molecular formula is C29H42N6O4. The van der Waals surface area contributed by atoms with Gasteiger partial charge >= 0.3 is 0 Å². The van der Waals surface area contributed by atoms with Gasteiger partial charge in [0.15, 0.2) is 0 Å². The molecule has 2 aliphatic rings. The molecule has 2 aliphatic heterocycles. The Morgan fingerprint density at radius 2 is 1.13 bits per heavy atom. The van der Waals surface area contributed by atoms with E-state index in [0.29, 0.717) is 11.1 Å². The molecule has 2 aromatic rings. The molecule has 0 aliphatic carbocycles. The summed E-state index contributed by atoms with van der Waals surface area (Å²) in [6, 6.07) is 10.8. The molecule has 4 rings (SSSR count). The first-order valence-corrected chi connectivity index (χ1v) is 13.9. The lowest BCUT2D eigenvalue weighted by Crippen LogP contribution is -2.40. The maximum absolute atomic E-state index is 11.3. The second kappa shape index (κ2) is 11.1. The lowest BCUT2D eigenvalue weighted by molar-refractivity contribution is -0.385. The van der Waals surface area contributed by atoms with E-state index in [0.717, 1.165) is 56.6 Å². The van der Waals surface area contributed by atoms with Gasteiger partial charge in [-0.2, -0.15) is 0 Å². The molecule has 0 bridgehead atoms. The number of nitrogens with one attached hydrogen (secondary N) is 2. The Hall–Kier alpha value is -3.24. The van der Waals surface area contributed by atoms with Crippen LogP contribution in [0.3, 0.4) is 0 Å². The Kier molecular flexibility index (Phi) is 8.18. The summed E-state index contributed by atoms with van der Waals surface area (Å²) < 4.78 is 0. The third kappa shape index (κ3) is 6.67. The average molecular weight is 539 g/mol. The zero-order chi connectivity index (χ0) is 28.5. The van der Waals surface area contributed by atoms with Gasteiger partial charge in [-0.25, -0.2) is 0 Å². The largest absolute Gasteiger partial charge is 0.354 e. The highest BCUT2D eigenvalue weighted by molar-refractivity contribution is 5.58. The Morgan fingerprint density at radius 1 is 0.744 bits per heavy atom. The van der Waals surface area contributed by atoms with Crippen molar-refractivity contribution in [3.63, 3.8) is 0 Å². The van der Waals surface area contributed by atoms with Crippen molar-refractivity contribution in [3.8, 4) is 0 Å². The fourth-order valence-electron chi connectivity index (χ4n) is 6.12. The molecule has 0 radical (unpaired) electrons. The summed E-state index contributed by atoms with van der Waals surface area (Å²) in [6.07, 6.45) is 5.60. The standard InChI is InChI=1S/C29H42N6O4/c1-20-16-22(12-14-24(20)34(36)37)32-18-28(3,4)30-26(32)10-8-7-9-11-27-31-29(5,6)19-33(27)23-13-15-25(35(38)39)21(2)17-23/h12-17,26-27,30-31H,7-11,18-19H2,1-6H3/t26-,27?/m1/s1. The minimum Gasteiger partial charge on any atom is -0.354 e.